The number of rotatable bonds is 4. The molecule has 0 saturated heterocycles. The molecule has 0 aliphatic rings. The molecule has 2 aromatic carbocycles. The van der Waals surface area contributed by atoms with Gasteiger partial charge in [-0.3, -0.25) is 0 Å². The predicted molar refractivity (Wildman–Crippen MR) is 84.2 cm³/mol. The van der Waals surface area contributed by atoms with E-state index in [0.717, 1.165) is 27.5 Å². The van der Waals surface area contributed by atoms with E-state index >= 15 is 0 Å². The van der Waals surface area contributed by atoms with Crippen molar-refractivity contribution in [1.29, 1.82) is 0 Å². The Morgan fingerprint density at radius 3 is 2.00 bits per heavy atom. The van der Waals surface area contributed by atoms with E-state index in [1.807, 2.05) is 42.5 Å². The third-order valence-electron chi connectivity index (χ3n) is 2.95. The van der Waals surface area contributed by atoms with Gasteiger partial charge in [0.25, 0.3) is 0 Å². The molecule has 0 radical (unpaired) electrons. The van der Waals surface area contributed by atoms with Gasteiger partial charge in [-0.05, 0) is 54.1 Å². The van der Waals surface area contributed by atoms with Gasteiger partial charge in [0.05, 0.1) is 0 Å². The van der Waals surface area contributed by atoms with Crippen LogP contribution in [0.4, 0.5) is 0 Å². The van der Waals surface area contributed by atoms with Gasteiger partial charge in [-0.15, -0.1) is 11.3 Å². The molecule has 3 rings (SSSR count). The zero-order chi connectivity index (χ0) is 15.6. The number of para-hydroxylation sites is 1. The van der Waals surface area contributed by atoms with Crippen LogP contribution in [0.15, 0.2) is 70.9 Å². The first-order valence-electron chi connectivity index (χ1n) is 6.41. The maximum Gasteiger partial charge on any atom is 1.00 e. The number of hydrogen-bond acceptors (Lipinski definition) is 5. The van der Waals surface area contributed by atoms with E-state index in [-0.39, 0.29) is 33.8 Å². The molecule has 7 heteroatoms. The van der Waals surface area contributed by atoms with Crippen LogP contribution in [0.1, 0.15) is 0 Å². The molecule has 112 valence electrons. The Morgan fingerprint density at radius 2 is 1.43 bits per heavy atom. The van der Waals surface area contributed by atoms with Crippen LogP contribution in [0.3, 0.4) is 0 Å². The zero-order valence-electron chi connectivity index (χ0n) is 12.3. The molecule has 1 heterocycles. The Morgan fingerprint density at radius 1 is 0.826 bits per heavy atom. The largest absolute Gasteiger partial charge is 1.00 e. The van der Waals surface area contributed by atoms with E-state index < -0.39 is 10.1 Å². The molecule has 4 nitrogen and oxygen atoms in total. The molecule has 0 N–H and O–H groups in total. The van der Waals surface area contributed by atoms with E-state index in [2.05, 4.69) is 0 Å². The summed E-state index contributed by atoms with van der Waals surface area (Å²) in [4.78, 5) is 0.723. The van der Waals surface area contributed by atoms with Crippen LogP contribution in [-0.4, -0.2) is 13.0 Å². The Kier molecular flexibility index (Phi) is 6.02. The van der Waals surface area contributed by atoms with Crippen molar-refractivity contribution in [3.05, 3.63) is 66.7 Å². The Labute approximate surface area is 160 Å². The summed E-state index contributed by atoms with van der Waals surface area (Å²) in [5.74, 6) is 1.43. The van der Waals surface area contributed by atoms with Crippen LogP contribution in [0.25, 0.3) is 10.4 Å². The Hall–Kier alpha value is -1.15. The van der Waals surface area contributed by atoms with Gasteiger partial charge < -0.3 is 9.29 Å². The van der Waals surface area contributed by atoms with Gasteiger partial charge in [0.1, 0.15) is 25.8 Å². The summed E-state index contributed by atoms with van der Waals surface area (Å²) >= 11 is 0.961. The van der Waals surface area contributed by atoms with Crippen LogP contribution in [-0.2, 0) is 10.1 Å². The summed E-state index contributed by atoms with van der Waals surface area (Å²) in [6.07, 6.45) is 0. The SMILES string of the molecule is O=S(=O)([O-])c1ccc(-c2ccc(Oc3ccccc3)cc2)s1.[Na+]. The van der Waals surface area contributed by atoms with Gasteiger partial charge in [0.2, 0.25) is 0 Å². The Balaban J connectivity index is 0.00000192. The first-order chi connectivity index (χ1) is 10.5. The number of benzene rings is 2. The number of ether oxygens (including phenoxy) is 1. The van der Waals surface area contributed by atoms with Crippen molar-refractivity contribution in [3.63, 3.8) is 0 Å². The Bertz CT molecular complexity index is 872. The second kappa shape index (κ2) is 7.61. The van der Waals surface area contributed by atoms with Crippen LogP contribution in [0.5, 0.6) is 11.5 Å². The topological polar surface area (TPSA) is 66.4 Å². The summed E-state index contributed by atoms with van der Waals surface area (Å²) in [7, 11) is -4.40. The van der Waals surface area contributed by atoms with Gasteiger partial charge in [-0.25, -0.2) is 8.42 Å². The second-order valence-electron chi connectivity index (χ2n) is 4.51. The summed E-state index contributed by atoms with van der Waals surface area (Å²) in [5.41, 5.74) is 0.834. The number of thiophene rings is 1. The molecule has 23 heavy (non-hydrogen) atoms. The quantitative estimate of drug-likeness (QED) is 0.520. The summed E-state index contributed by atoms with van der Waals surface area (Å²) < 4.78 is 38.4. The smallest absolute Gasteiger partial charge is 0.743 e. The van der Waals surface area contributed by atoms with E-state index in [1.54, 1.807) is 18.2 Å². The predicted octanol–water partition coefficient (Wildman–Crippen LogP) is 1.12. The molecule has 0 amide bonds. The average molecular weight is 354 g/mol. The molecule has 0 saturated carbocycles. The van der Waals surface area contributed by atoms with Crippen LogP contribution in [0.2, 0.25) is 0 Å². The molecule has 3 aromatic rings. The second-order valence-corrected chi connectivity index (χ2v) is 7.20. The van der Waals surface area contributed by atoms with Gasteiger partial charge in [0, 0.05) is 4.88 Å². The maximum atomic E-state index is 11.0. The van der Waals surface area contributed by atoms with Crippen molar-refractivity contribution in [2.24, 2.45) is 0 Å². The van der Waals surface area contributed by atoms with Crippen molar-refractivity contribution in [3.8, 4) is 21.9 Å². The van der Waals surface area contributed by atoms with E-state index in [1.165, 1.54) is 6.07 Å². The van der Waals surface area contributed by atoms with Crippen molar-refractivity contribution in [2.45, 2.75) is 4.21 Å². The third kappa shape index (κ3) is 4.67. The van der Waals surface area contributed by atoms with Gasteiger partial charge in [-0.1, -0.05) is 18.2 Å². The fraction of sp³-hybridized carbons (Fsp3) is 0. The maximum absolute atomic E-state index is 11.0. The molecule has 0 fully saturated rings. The first kappa shape index (κ1) is 18.2. The molecule has 0 unspecified atom stereocenters. The number of hydrogen-bond donors (Lipinski definition) is 0. The summed E-state index contributed by atoms with van der Waals surface area (Å²) in [6.45, 7) is 0. The van der Waals surface area contributed by atoms with Crippen molar-refractivity contribution < 1.29 is 47.3 Å². The van der Waals surface area contributed by atoms with Crippen molar-refractivity contribution >= 4 is 21.5 Å². The minimum Gasteiger partial charge on any atom is -0.743 e. The molecule has 1 aromatic heterocycles. The van der Waals surface area contributed by atoms with Crippen LogP contribution in [0, 0.1) is 0 Å². The fourth-order valence-electron chi connectivity index (χ4n) is 1.92. The minimum atomic E-state index is -4.40. The molecule has 0 bridgehead atoms. The third-order valence-corrected chi connectivity index (χ3v) is 5.37. The molecule has 0 aliphatic carbocycles. The van der Waals surface area contributed by atoms with E-state index in [4.69, 9.17) is 4.74 Å². The van der Waals surface area contributed by atoms with Crippen molar-refractivity contribution in [2.75, 3.05) is 0 Å². The average Bonchev–Trinajstić information content (AvgIpc) is 2.99. The molecule has 0 spiro atoms. The molecule has 0 atom stereocenters. The zero-order valence-corrected chi connectivity index (χ0v) is 15.9. The van der Waals surface area contributed by atoms with E-state index in [0.29, 0.717) is 5.75 Å². The van der Waals surface area contributed by atoms with Crippen molar-refractivity contribution in [1.82, 2.24) is 0 Å². The fourth-order valence-corrected chi connectivity index (χ4v) is 3.58. The van der Waals surface area contributed by atoms with Gasteiger partial charge >= 0.3 is 29.6 Å². The monoisotopic (exact) mass is 354 g/mol. The summed E-state index contributed by atoms with van der Waals surface area (Å²) in [5, 5.41) is 0. The van der Waals surface area contributed by atoms with Crippen LogP contribution < -0.4 is 34.3 Å². The molecular formula is C16H11NaO4S2. The van der Waals surface area contributed by atoms with Crippen LogP contribution >= 0.6 is 11.3 Å². The summed E-state index contributed by atoms with van der Waals surface area (Å²) in [6, 6.07) is 19.6. The van der Waals surface area contributed by atoms with Gasteiger partial charge in [0.15, 0.2) is 0 Å². The van der Waals surface area contributed by atoms with E-state index in [9.17, 15) is 13.0 Å². The first-order valence-corrected chi connectivity index (χ1v) is 8.64. The normalized spacial score (nSPS) is 10.8. The molecular weight excluding hydrogens is 343 g/mol. The molecule has 0 aliphatic heterocycles. The van der Waals surface area contributed by atoms with Gasteiger partial charge in [-0.2, -0.15) is 0 Å². The standard InChI is InChI=1S/C16H12O4S2.Na/c17-22(18,19)16-11-10-15(21-16)12-6-8-14(9-7-12)20-13-4-2-1-3-5-13;/h1-11H,(H,17,18,19);/q;+1/p-1. The minimum absolute atomic E-state index is 0.